The summed E-state index contributed by atoms with van der Waals surface area (Å²) in [6.07, 6.45) is 5.51. The summed E-state index contributed by atoms with van der Waals surface area (Å²) in [6, 6.07) is 6.25. The number of nitrogens with one attached hydrogen (secondary N) is 2. The Morgan fingerprint density at radius 2 is 2.30 bits per heavy atom. The summed E-state index contributed by atoms with van der Waals surface area (Å²) < 4.78 is 4.89. The van der Waals surface area contributed by atoms with Gasteiger partial charge in [-0.2, -0.15) is 0 Å². The molecule has 2 heterocycles. The van der Waals surface area contributed by atoms with E-state index in [1.807, 2.05) is 10.8 Å². The molecule has 0 aliphatic rings. The van der Waals surface area contributed by atoms with Crippen molar-refractivity contribution in [3.05, 3.63) is 41.7 Å². The first-order valence-corrected chi connectivity index (χ1v) is 7.12. The Balaban J connectivity index is 2.03. The molecule has 0 amide bonds. The van der Waals surface area contributed by atoms with Gasteiger partial charge >= 0.3 is 0 Å². The van der Waals surface area contributed by atoms with E-state index in [1.165, 1.54) is 0 Å². The molecule has 104 valence electrons. The summed E-state index contributed by atoms with van der Waals surface area (Å²) in [5.74, 6) is 0. The second-order valence-electron chi connectivity index (χ2n) is 4.61. The van der Waals surface area contributed by atoms with E-state index in [1.54, 1.807) is 12.5 Å². The van der Waals surface area contributed by atoms with Crippen molar-refractivity contribution in [2.75, 3.05) is 13.1 Å². The fourth-order valence-corrected chi connectivity index (χ4v) is 2.60. The molecule has 6 heteroatoms. The maximum absolute atomic E-state index is 5.41. The van der Waals surface area contributed by atoms with Gasteiger partial charge in [0.15, 0.2) is 4.77 Å². The van der Waals surface area contributed by atoms with Gasteiger partial charge in [-0.1, -0.05) is 6.92 Å². The number of hydrogen-bond acceptors (Lipinski definition) is 3. The molecule has 0 spiro atoms. The third-order valence-corrected chi connectivity index (χ3v) is 3.65. The highest BCUT2D eigenvalue weighted by molar-refractivity contribution is 7.71. The fraction of sp³-hybridized carbons (Fsp3) is 0.286. The lowest BCUT2D eigenvalue weighted by atomic mass is 10.2. The maximum atomic E-state index is 5.41. The zero-order valence-corrected chi connectivity index (χ0v) is 12.2. The van der Waals surface area contributed by atoms with E-state index in [2.05, 4.69) is 45.0 Å². The summed E-state index contributed by atoms with van der Waals surface area (Å²) in [5.41, 5.74) is 3.27. The number of nitrogens with zero attached hydrogens (tertiary/aromatic N) is 3. The van der Waals surface area contributed by atoms with Crippen LogP contribution < -0.4 is 5.32 Å². The second-order valence-corrected chi connectivity index (χ2v) is 4.99. The highest BCUT2D eigenvalue weighted by atomic mass is 32.1. The normalized spacial score (nSPS) is 11.2. The van der Waals surface area contributed by atoms with Crippen LogP contribution in [0.15, 0.2) is 36.9 Å². The van der Waals surface area contributed by atoms with E-state index in [0.29, 0.717) is 0 Å². The van der Waals surface area contributed by atoms with Crippen molar-refractivity contribution in [2.45, 2.75) is 13.5 Å². The summed E-state index contributed by atoms with van der Waals surface area (Å²) in [7, 11) is 0. The Bertz CT molecular complexity index is 754. The van der Waals surface area contributed by atoms with Crippen LogP contribution in [0.2, 0.25) is 0 Å². The number of rotatable bonds is 5. The average Bonchev–Trinajstić information content (AvgIpc) is 3.07. The number of aromatic amines is 1. The molecule has 2 N–H and O–H groups in total. The highest BCUT2D eigenvalue weighted by Gasteiger charge is 2.06. The Morgan fingerprint density at radius 3 is 3.05 bits per heavy atom. The van der Waals surface area contributed by atoms with E-state index in [0.717, 1.165) is 41.1 Å². The monoisotopic (exact) mass is 287 g/mol. The molecule has 3 rings (SSSR count). The summed E-state index contributed by atoms with van der Waals surface area (Å²) >= 11 is 5.41. The van der Waals surface area contributed by atoms with Gasteiger partial charge in [-0.05, 0) is 37.0 Å². The van der Waals surface area contributed by atoms with Gasteiger partial charge in [0.25, 0.3) is 0 Å². The van der Waals surface area contributed by atoms with E-state index < -0.39 is 0 Å². The predicted octanol–water partition coefficient (Wildman–Crippen LogP) is 2.49. The van der Waals surface area contributed by atoms with Gasteiger partial charge in [0, 0.05) is 31.2 Å². The Morgan fingerprint density at radius 1 is 1.40 bits per heavy atom. The van der Waals surface area contributed by atoms with Crippen LogP contribution in [0.3, 0.4) is 0 Å². The Hall–Kier alpha value is -1.92. The van der Waals surface area contributed by atoms with E-state index in [9.17, 15) is 0 Å². The van der Waals surface area contributed by atoms with Crippen molar-refractivity contribution < 1.29 is 0 Å². The van der Waals surface area contributed by atoms with Crippen LogP contribution in [0, 0.1) is 4.77 Å². The number of hydrogen-bond donors (Lipinski definition) is 2. The third-order valence-electron chi connectivity index (χ3n) is 3.32. The number of benzene rings is 1. The molecule has 0 radical (unpaired) electrons. The minimum absolute atomic E-state index is 0.765. The zero-order valence-electron chi connectivity index (χ0n) is 11.3. The third kappa shape index (κ3) is 2.39. The number of likely N-dealkylation sites (N-methyl/N-ethyl adjacent to an activating group) is 1. The largest absolute Gasteiger partial charge is 0.331 e. The minimum Gasteiger partial charge on any atom is -0.331 e. The maximum Gasteiger partial charge on any atom is 0.178 e. The highest BCUT2D eigenvalue weighted by Crippen LogP contribution is 2.18. The van der Waals surface area contributed by atoms with Crippen LogP contribution in [-0.2, 0) is 6.54 Å². The Kier molecular flexibility index (Phi) is 3.66. The minimum atomic E-state index is 0.765. The molecule has 0 bridgehead atoms. The second kappa shape index (κ2) is 5.60. The summed E-state index contributed by atoms with van der Waals surface area (Å²) in [5, 5.41) is 3.32. The molecule has 0 atom stereocenters. The lowest BCUT2D eigenvalue weighted by molar-refractivity contribution is 0.619. The van der Waals surface area contributed by atoms with Crippen LogP contribution in [0.25, 0.3) is 16.7 Å². The van der Waals surface area contributed by atoms with Crippen molar-refractivity contribution in [3.63, 3.8) is 0 Å². The van der Waals surface area contributed by atoms with Crippen molar-refractivity contribution >= 4 is 23.3 Å². The van der Waals surface area contributed by atoms with Gasteiger partial charge < -0.3 is 19.4 Å². The zero-order chi connectivity index (χ0) is 13.9. The first-order chi connectivity index (χ1) is 9.79. The molecule has 0 fully saturated rings. The van der Waals surface area contributed by atoms with Gasteiger partial charge in [0.2, 0.25) is 0 Å². The van der Waals surface area contributed by atoms with Crippen LogP contribution in [-0.4, -0.2) is 32.2 Å². The molecule has 2 aromatic heterocycles. The van der Waals surface area contributed by atoms with Gasteiger partial charge in [-0.15, -0.1) is 0 Å². The number of imidazole rings is 2. The van der Waals surface area contributed by atoms with Gasteiger partial charge in [-0.25, -0.2) is 4.98 Å². The topological polar surface area (TPSA) is 50.6 Å². The van der Waals surface area contributed by atoms with E-state index in [-0.39, 0.29) is 0 Å². The molecule has 0 aliphatic carbocycles. The first-order valence-electron chi connectivity index (χ1n) is 6.71. The van der Waals surface area contributed by atoms with Gasteiger partial charge in [0.05, 0.1) is 17.4 Å². The smallest absolute Gasteiger partial charge is 0.178 e. The molecule has 20 heavy (non-hydrogen) atoms. The quantitative estimate of drug-likeness (QED) is 0.560. The average molecular weight is 287 g/mol. The van der Waals surface area contributed by atoms with Crippen LogP contribution in [0.4, 0.5) is 0 Å². The van der Waals surface area contributed by atoms with Crippen molar-refractivity contribution in [2.24, 2.45) is 0 Å². The first kappa shape index (κ1) is 13.1. The lowest BCUT2D eigenvalue weighted by Gasteiger charge is -2.07. The molecule has 0 saturated carbocycles. The van der Waals surface area contributed by atoms with Crippen LogP contribution >= 0.6 is 12.2 Å². The standard InChI is InChI=1S/C14H17N5S/c1-2-15-6-8-19-13-9-11(18-7-5-16-10-18)3-4-12(13)17-14(19)20/h3-5,7,9-10,15H,2,6,8H2,1H3,(H,17,20). The van der Waals surface area contributed by atoms with Crippen molar-refractivity contribution in [1.29, 1.82) is 0 Å². The SMILES string of the molecule is CCNCCn1c(=S)[nH]c2ccc(-n3ccnc3)cc21. The molecular formula is C14H17N5S. The van der Waals surface area contributed by atoms with Crippen molar-refractivity contribution in [1.82, 2.24) is 24.4 Å². The molecular weight excluding hydrogens is 270 g/mol. The summed E-state index contributed by atoms with van der Waals surface area (Å²) in [6.45, 7) is 4.84. The van der Waals surface area contributed by atoms with Crippen LogP contribution in [0.1, 0.15) is 6.92 Å². The fourth-order valence-electron chi connectivity index (χ4n) is 2.30. The van der Waals surface area contributed by atoms with E-state index >= 15 is 0 Å². The molecule has 0 aliphatic heterocycles. The molecule has 0 saturated heterocycles. The molecule has 3 aromatic rings. The number of H-pyrrole nitrogens is 1. The Labute approximate surface area is 122 Å². The lowest BCUT2D eigenvalue weighted by Crippen LogP contribution is -2.19. The number of aromatic nitrogens is 4. The number of fused-ring (bicyclic) bond motifs is 1. The summed E-state index contributed by atoms with van der Waals surface area (Å²) in [4.78, 5) is 7.34. The van der Waals surface area contributed by atoms with Gasteiger partial charge in [-0.3, -0.25) is 0 Å². The molecule has 1 aromatic carbocycles. The molecule has 5 nitrogen and oxygen atoms in total. The van der Waals surface area contributed by atoms with Crippen molar-refractivity contribution in [3.8, 4) is 5.69 Å². The van der Waals surface area contributed by atoms with Crippen LogP contribution in [0.5, 0.6) is 0 Å². The van der Waals surface area contributed by atoms with E-state index in [4.69, 9.17) is 12.2 Å². The predicted molar refractivity (Wildman–Crippen MR) is 82.8 cm³/mol. The van der Waals surface area contributed by atoms with Gasteiger partial charge in [0.1, 0.15) is 0 Å². The molecule has 0 unspecified atom stereocenters.